The van der Waals surface area contributed by atoms with E-state index in [0.29, 0.717) is 6.42 Å². The summed E-state index contributed by atoms with van der Waals surface area (Å²) in [4.78, 5) is 0. The van der Waals surface area contributed by atoms with Crippen molar-refractivity contribution in [1.82, 2.24) is 9.78 Å². The first-order chi connectivity index (χ1) is 9.55. The quantitative estimate of drug-likeness (QED) is 0.911. The Morgan fingerprint density at radius 2 is 2.20 bits per heavy atom. The number of rotatable bonds is 5. The zero-order chi connectivity index (χ0) is 14.7. The number of nitrogens with zero attached hydrogens (tertiary/aromatic N) is 2. The van der Waals surface area contributed by atoms with E-state index < -0.39 is 6.10 Å². The predicted molar refractivity (Wildman–Crippen MR) is 81.9 cm³/mol. The van der Waals surface area contributed by atoms with Gasteiger partial charge in [-0.3, -0.25) is 4.68 Å². The topological polar surface area (TPSA) is 47.3 Å². The second kappa shape index (κ2) is 6.41. The van der Waals surface area contributed by atoms with E-state index in [1.54, 1.807) is 11.8 Å². The molecule has 0 saturated heterocycles. The lowest BCUT2D eigenvalue weighted by molar-refractivity contribution is 0.176. The molecule has 0 amide bonds. The van der Waals surface area contributed by atoms with E-state index in [4.69, 9.17) is 4.74 Å². The van der Waals surface area contributed by atoms with Gasteiger partial charge in [-0.1, -0.05) is 22.9 Å². The fourth-order valence-electron chi connectivity index (χ4n) is 2.33. The van der Waals surface area contributed by atoms with Gasteiger partial charge >= 0.3 is 0 Å². The summed E-state index contributed by atoms with van der Waals surface area (Å²) in [7, 11) is 3.51. The van der Waals surface area contributed by atoms with Crippen LogP contribution in [0, 0.1) is 0 Å². The minimum atomic E-state index is -0.582. The lowest BCUT2D eigenvalue weighted by Crippen LogP contribution is -2.05. The Morgan fingerprint density at radius 3 is 2.85 bits per heavy atom. The maximum absolute atomic E-state index is 10.5. The zero-order valence-electron chi connectivity index (χ0n) is 11.9. The molecule has 0 fully saturated rings. The summed E-state index contributed by atoms with van der Waals surface area (Å²) in [6.07, 6.45) is 2.61. The van der Waals surface area contributed by atoms with Gasteiger partial charge in [0.15, 0.2) is 0 Å². The maximum Gasteiger partial charge on any atom is 0.122 e. The number of hydrogen-bond donors (Lipinski definition) is 1. The fraction of sp³-hybridized carbons (Fsp3) is 0.400. The van der Waals surface area contributed by atoms with Crippen molar-refractivity contribution in [2.24, 2.45) is 7.05 Å². The summed E-state index contributed by atoms with van der Waals surface area (Å²) in [6.45, 7) is 2.04. The first kappa shape index (κ1) is 15.1. The highest BCUT2D eigenvalue weighted by molar-refractivity contribution is 9.10. The van der Waals surface area contributed by atoms with Crippen LogP contribution in [-0.2, 0) is 19.9 Å². The molecule has 108 valence electrons. The lowest BCUT2D eigenvalue weighted by Gasteiger charge is -2.13. The van der Waals surface area contributed by atoms with Crippen molar-refractivity contribution in [3.63, 3.8) is 0 Å². The van der Waals surface area contributed by atoms with E-state index in [1.165, 1.54) is 0 Å². The van der Waals surface area contributed by atoms with E-state index in [9.17, 15) is 5.11 Å². The molecule has 0 radical (unpaired) electrons. The van der Waals surface area contributed by atoms with Crippen LogP contribution in [0.3, 0.4) is 0 Å². The summed E-state index contributed by atoms with van der Waals surface area (Å²) in [5.74, 6) is 0.786. The van der Waals surface area contributed by atoms with Crippen LogP contribution >= 0.6 is 15.9 Å². The number of methoxy groups -OCH3 is 1. The first-order valence-electron chi connectivity index (χ1n) is 6.58. The van der Waals surface area contributed by atoms with E-state index in [-0.39, 0.29) is 0 Å². The molecule has 0 spiro atoms. The molecule has 1 heterocycles. The molecule has 0 aliphatic carbocycles. The van der Waals surface area contributed by atoms with Crippen LogP contribution in [0.4, 0.5) is 0 Å². The van der Waals surface area contributed by atoms with Crippen LogP contribution in [0.2, 0.25) is 0 Å². The van der Waals surface area contributed by atoms with Gasteiger partial charge in [-0.25, -0.2) is 0 Å². The van der Waals surface area contributed by atoms with E-state index >= 15 is 0 Å². The van der Waals surface area contributed by atoms with E-state index in [1.807, 2.05) is 38.4 Å². The van der Waals surface area contributed by atoms with Crippen molar-refractivity contribution in [2.75, 3.05) is 7.11 Å². The van der Waals surface area contributed by atoms with Crippen molar-refractivity contribution < 1.29 is 9.84 Å². The third-order valence-electron chi connectivity index (χ3n) is 3.29. The molecule has 1 unspecified atom stereocenters. The van der Waals surface area contributed by atoms with Gasteiger partial charge in [0, 0.05) is 29.7 Å². The van der Waals surface area contributed by atoms with Crippen LogP contribution in [0.1, 0.15) is 29.8 Å². The van der Waals surface area contributed by atoms with Crippen LogP contribution in [-0.4, -0.2) is 22.0 Å². The first-order valence-corrected chi connectivity index (χ1v) is 7.37. The number of aliphatic hydroxyl groups excluding tert-OH is 1. The van der Waals surface area contributed by atoms with Crippen molar-refractivity contribution >= 4 is 15.9 Å². The van der Waals surface area contributed by atoms with Crippen LogP contribution in [0.25, 0.3) is 0 Å². The Labute approximate surface area is 127 Å². The largest absolute Gasteiger partial charge is 0.496 e. The zero-order valence-corrected chi connectivity index (χ0v) is 13.5. The smallest absolute Gasteiger partial charge is 0.122 e. The Kier molecular flexibility index (Phi) is 4.83. The molecule has 1 atom stereocenters. The van der Waals surface area contributed by atoms with Gasteiger partial charge in [0.1, 0.15) is 5.75 Å². The number of ether oxygens (including phenoxy) is 1. The second-order valence-electron chi connectivity index (χ2n) is 4.73. The Balaban J connectivity index is 2.27. The number of hydrogen-bond acceptors (Lipinski definition) is 3. The van der Waals surface area contributed by atoms with Gasteiger partial charge in [0.2, 0.25) is 0 Å². The molecule has 0 aliphatic heterocycles. The molecular formula is C15H19BrN2O2. The van der Waals surface area contributed by atoms with Crippen molar-refractivity contribution in [3.8, 4) is 5.75 Å². The number of aliphatic hydroxyl groups is 1. The SMILES string of the molecule is CCc1nn(C)cc1C(O)Cc1cc(Br)ccc1OC. The molecule has 0 saturated carbocycles. The standard InChI is InChI=1S/C15H19BrN2O2/c1-4-13-12(9-18(2)17-13)14(19)8-10-7-11(16)5-6-15(10)20-3/h5-7,9,14,19H,4,8H2,1-3H3. The number of benzene rings is 1. The minimum Gasteiger partial charge on any atom is -0.496 e. The molecule has 4 nitrogen and oxygen atoms in total. The van der Waals surface area contributed by atoms with E-state index in [0.717, 1.165) is 33.5 Å². The van der Waals surface area contributed by atoms with Gasteiger partial charge < -0.3 is 9.84 Å². The molecule has 2 aromatic rings. The highest BCUT2D eigenvalue weighted by Crippen LogP contribution is 2.29. The maximum atomic E-state index is 10.5. The summed E-state index contributed by atoms with van der Waals surface area (Å²) >= 11 is 3.45. The van der Waals surface area contributed by atoms with Gasteiger partial charge in [0.25, 0.3) is 0 Å². The lowest BCUT2D eigenvalue weighted by atomic mass is 10.0. The molecule has 1 N–H and O–H groups in total. The summed E-state index contributed by atoms with van der Waals surface area (Å²) in [5, 5.41) is 14.9. The Morgan fingerprint density at radius 1 is 1.45 bits per heavy atom. The predicted octanol–water partition coefficient (Wildman–Crippen LogP) is 3.03. The minimum absolute atomic E-state index is 0.501. The summed E-state index contributed by atoms with van der Waals surface area (Å²) in [6, 6.07) is 5.80. The average Bonchev–Trinajstić information content (AvgIpc) is 2.80. The number of halogens is 1. The monoisotopic (exact) mass is 338 g/mol. The Bertz CT molecular complexity index is 596. The fourth-order valence-corrected chi connectivity index (χ4v) is 2.74. The highest BCUT2D eigenvalue weighted by atomic mass is 79.9. The van der Waals surface area contributed by atoms with Crippen LogP contribution in [0.15, 0.2) is 28.9 Å². The molecular weight excluding hydrogens is 320 g/mol. The third kappa shape index (κ3) is 3.22. The number of aryl methyl sites for hydroxylation is 2. The van der Waals surface area contributed by atoms with Crippen LogP contribution < -0.4 is 4.74 Å². The summed E-state index contributed by atoms with van der Waals surface area (Å²) < 4.78 is 8.07. The summed E-state index contributed by atoms with van der Waals surface area (Å²) in [5.41, 5.74) is 2.80. The van der Waals surface area contributed by atoms with Crippen molar-refractivity contribution in [2.45, 2.75) is 25.9 Å². The number of aromatic nitrogens is 2. The van der Waals surface area contributed by atoms with Gasteiger partial charge in [-0.05, 0) is 30.2 Å². The highest BCUT2D eigenvalue weighted by Gasteiger charge is 2.17. The Hall–Kier alpha value is -1.33. The van der Waals surface area contributed by atoms with Crippen molar-refractivity contribution in [1.29, 1.82) is 0 Å². The molecule has 20 heavy (non-hydrogen) atoms. The van der Waals surface area contributed by atoms with Crippen molar-refractivity contribution in [3.05, 3.63) is 45.7 Å². The molecule has 0 aliphatic rings. The molecule has 1 aromatic heterocycles. The van der Waals surface area contributed by atoms with Gasteiger partial charge in [-0.2, -0.15) is 5.10 Å². The second-order valence-corrected chi connectivity index (χ2v) is 5.65. The van der Waals surface area contributed by atoms with Crippen LogP contribution in [0.5, 0.6) is 5.75 Å². The third-order valence-corrected chi connectivity index (χ3v) is 3.78. The van der Waals surface area contributed by atoms with Gasteiger partial charge in [-0.15, -0.1) is 0 Å². The molecule has 2 rings (SSSR count). The van der Waals surface area contributed by atoms with E-state index in [2.05, 4.69) is 21.0 Å². The molecule has 5 heteroatoms. The molecule has 0 bridgehead atoms. The average molecular weight is 339 g/mol. The normalized spacial score (nSPS) is 12.4. The molecule has 1 aromatic carbocycles. The van der Waals surface area contributed by atoms with Gasteiger partial charge in [0.05, 0.1) is 18.9 Å².